The van der Waals surface area contributed by atoms with E-state index >= 15 is 0 Å². The lowest BCUT2D eigenvalue weighted by Crippen LogP contribution is -2.09. The Bertz CT molecular complexity index is 1010. The van der Waals surface area contributed by atoms with Crippen LogP contribution in [0.5, 0.6) is 0 Å². The lowest BCUT2D eigenvalue weighted by atomic mass is 10.0. The molecule has 0 amide bonds. The maximum atomic E-state index is 11.5. The number of aromatic nitrogens is 1. The molecule has 1 aromatic heterocycles. The highest BCUT2D eigenvalue weighted by molar-refractivity contribution is 7.92. The topological polar surface area (TPSA) is 77.1 Å². The smallest absolute Gasteiger partial charge is 0.229 e. The van der Waals surface area contributed by atoms with Crippen molar-refractivity contribution in [2.45, 2.75) is 26.3 Å². The number of hydrogen-bond donors (Lipinski definition) is 2. The monoisotopic (exact) mass is 357 g/mol. The minimum Gasteiger partial charge on any atom is -0.399 e. The maximum Gasteiger partial charge on any atom is 0.229 e. The highest BCUT2D eigenvalue weighted by atomic mass is 32.2. The molecule has 6 heteroatoms. The Morgan fingerprint density at radius 3 is 2.44 bits per heavy atom. The number of nitrogens with two attached hydrogens (primary N) is 1. The van der Waals surface area contributed by atoms with Crippen molar-refractivity contribution in [1.82, 2.24) is 4.57 Å². The number of anilines is 2. The number of nitrogens with zero attached hydrogens (tertiary/aromatic N) is 1. The van der Waals surface area contributed by atoms with Crippen LogP contribution in [0.2, 0.25) is 0 Å². The molecule has 0 aliphatic rings. The third kappa shape index (κ3) is 3.64. The van der Waals surface area contributed by atoms with Gasteiger partial charge in [0.05, 0.1) is 17.5 Å². The lowest BCUT2D eigenvalue weighted by Gasteiger charge is -2.13. The van der Waals surface area contributed by atoms with E-state index in [-0.39, 0.29) is 0 Å². The van der Waals surface area contributed by atoms with Crippen LogP contribution in [0.1, 0.15) is 26.3 Å². The molecule has 132 valence electrons. The van der Waals surface area contributed by atoms with Crippen molar-refractivity contribution < 1.29 is 8.42 Å². The summed E-state index contributed by atoms with van der Waals surface area (Å²) < 4.78 is 27.8. The molecular weight excluding hydrogens is 334 g/mol. The summed E-state index contributed by atoms with van der Waals surface area (Å²) in [4.78, 5) is 0. The summed E-state index contributed by atoms with van der Waals surface area (Å²) in [6, 6.07) is 13.8. The summed E-state index contributed by atoms with van der Waals surface area (Å²) in [6.45, 7) is 4.29. The quantitative estimate of drug-likeness (QED) is 0.671. The second kappa shape index (κ2) is 6.44. The molecule has 1 atom stereocenters. The molecule has 0 bridgehead atoms. The zero-order valence-electron chi connectivity index (χ0n) is 14.7. The van der Waals surface area contributed by atoms with Gasteiger partial charge in [-0.25, -0.2) is 8.42 Å². The number of sulfonamides is 1. The number of nitrogen functional groups attached to an aromatic ring is 1. The van der Waals surface area contributed by atoms with Gasteiger partial charge in [-0.2, -0.15) is 0 Å². The van der Waals surface area contributed by atoms with Crippen LogP contribution in [-0.4, -0.2) is 19.2 Å². The molecule has 5 nitrogen and oxygen atoms in total. The van der Waals surface area contributed by atoms with Crippen molar-refractivity contribution in [1.29, 1.82) is 0 Å². The molecule has 0 saturated carbocycles. The molecule has 0 unspecified atom stereocenters. The SMILES string of the molecule is CC[C@H](C)n1cc(-c2ccc(N)cc2)c2ccc(NS(C)(=O)=O)cc21. The first kappa shape index (κ1) is 17.4. The molecule has 1 heterocycles. The molecule has 0 fully saturated rings. The summed E-state index contributed by atoms with van der Waals surface area (Å²) in [6.07, 6.45) is 4.27. The van der Waals surface area contributed by atoms with E-state index in [0.717, 1.165) is 40.4 Å². The number of nitrogens with one attached hydrogen (secondary N) is 1. The first-order valence-corrected chi connectivity index (χ1v) is 10.2. The van der Waals surface area contributed by atoms with Crippen molar-refractivity contribution in [3.05, 3.63) is 48.7 Å². The van der Waals surface area contributed by atoms with Crippen molar-refractivity contribution >= 4 is 32.3 Å². The van der Waals surface area contributed by atoms with Gasteiger partial charge in [0.25, 0.3) is 0 Å². The van der Waals surface area contributed by atoms with E-state index < -0.39 is 10.0 Å². The molecule has 0 aliphatic heterocycles. The van der Waals surface area contributed by atoms with Crippen LogP contribution in [0.15, 0.2) is 48.7 Å². The Morgan fingerprint density at radius 1 is 1.16 bits per heavy atom. The van der Waals surface area contributed by atoms with E-state index in [4.69, 9.17) is 5.73 Å². The van der Waals surface area contributed by atoms with Crippen LogP contribution in [0.3, 0.4) is 0 Å². The summed E-state index contributed by atoms with van der Waals surface area (Å²) in [5, 5.41) is 1.09. The predicted octanol–water partition coefficient (Wildman–Crippen LogP) is 4.23. The van der Waals surface area contributed by atoms with Gasteiger partial charge in [-0.3, -0.25) is 4.72 Å². The van der Waals surface area contributed by atoms with Gasteiger partial charge < -0.3 is 10.3 Å². The third-order valence-corrected chi connectivity index (χ3v) is 5.03. The molecule has 3 aromatic rings. The van der Waals surface area contributed by atoms with Crippen LogP contribution in [0.4, 0.5) is 11.4 Å². The second-order valence-electron chi connectivity index (χ2n) is 6.44. The molecule has 0 saturated heterocycles. The van der Waals surface area contributed by atoms with Crippen molar-refractivity contribution in [2.75, 3.05) is 16.7 Å². The standard InChI is InChI=1S/C19H23N3O2S/c1-4-13(2)22-12-18(14-5-7-15(20)8-6-14)17-10-9-16(11-19(17)22)21-25(3,23)24/h5-13,21H,4,20H2,1-3H3/t13-/m0/s1. The molecule has 3 rings (SSSR count). The van der Waals surface area contributed by atoms with Gasteiger partial charge in [0.2, 0.25) is 10.0 Å². The van der Waals surface area contributed by atoms with Crippen molar-refractivity contribution in [3.8, 4) is 11.1 Å². The van der Waals surface area contributed by atoms with Crippen LogP contribution in [-0.2, 0) is 10.0 Å². The first-order chi connectivity index (χ1) is 11.8. The predicted molar refractivity (Wildman–Crippen MR) is 105 cm³/mol. The summed E-state index contributed by atoms with van der Waals surface area (Å²) >= 11 is 0. The third-order valence-electron chi connectivity index (χ3n) is 4.42. The van der Waals surface area contributed by atoms with Crippen molar-refractivity contribution in [2.24, 2.45) is 0 Å². The van der Waals surface area contributed by atoms with Gasteiger partial charge in [-0.15, -0.1) is 0 Å². The first-order valence-electron chi connectivity index (χ1n) is 8.27. The average molecular weight is 357 g/mol. The van der Waals surface area contributed by atoms with Crippen molar-refractivity contribution in [3.63, 3.8) is 0 Å². The van der Waals surface area contributed by atoms with E-state index in [1.54, 1.807) is 6.07 Å². The molecule has 2 aromatic carbocycles. The average Bonchev–Trinajstić information content (AvgIpc) is 2.92. The zero-order valence-corrected chi connectivity index (χ0v) is 15.5. The largest absolute Gasteiger partial charge is 0.399 e. The van der Waals surface area contributed by atoms with E-state index in [9.17, 15) is 8.42 Å². The van der Waals surface area contributed by atoms with E-state index in [2.05, 4.69) is 29.3 Å². The molecule has 0 spiro atoms. The molecule has 25 heavy (non-hydrogen) atoms. The Morgan fingerprint density at radius 2 is 1.84 bits per heavy atom. The van der Waals surface area contributed by atoms with Crippen LogP contribution < -0.4 is 10.5 Å². The lowest BCUT2D eigenvalue weighted by molar-refractivity contribution is 0.548. The minimum atomic E-state index is -3.31. The highest BCUT2D eigenvalue weighted by Gasteiger charge is 2.15. The van der Waals surface area contributed by atoms with Crippen LogP contribution in [0.25, 0.3) is 22.0 Å². The molecule has 0 radical (unpaired) electrons. The van der Waals surface area contributed by atoms with Crippen LogP contribution >= 0.6 is 0 Å². The summed E-state index contributed by atoms with van der Waals surface area (Å²) in [7, 11) is -3.31. The zero-order chi connectivity index (χ0) is 18.2. The Hall–Kier alpha value is -2.47. The fourth-order valence-corrected chi connectivity index (χ4v) is 3.54. The van der Waals surface area contributed by atoms with E-state index in [1.807, 2.05) is 36.4 Å². The van der Waals surface area contributed by atoms with Gasteiger partial charge in [-0.1, -0.05) is 25.1 Å². The fraction of sp³-hybridized carbons (Fsp3) is 0.263. The van der Waals surface area contributed by atoms with Gasteiger partial charge in [0.15, 0.2) is 0 Å². The van der Waals surface area contributed by atoms with Gasteiger partial charge in [0, 0.05) is 28.9 Å². The van der Waals surface area contributed by atoms with E-state index in [0.29, 0.717) is 11.7 Å². The Kier molecular flexibility index (Phi) is 4.47. The molecule has 3 N–H and O–H groups in total. The fourth-order valence-electron chi connectivity index (χ4n) is 2.98. The normalized spacial score (nSPS) is 13.1. The van der Waals surface area contributed by atoms with Gasteiger partial charge >= 0.3 is 0 Å². The summed E-state index contributed by atoms with van der Waals surface area (Å²) in [5.41, 5.74) is 10.3. The maximum absolute atomic E-state index is 11.5. The summed E-state index contributed by atoms with van der Waals surface area (Å²) in [5.74, 6) is 0. The van der Waals surface area contributed by atoms with Crippen LogP contribution in [0, 0.1) is 0 Å². The number of benzene rings is 2. The Labute approximate surface area is 148 Å². The number of fused-ring (bicyclic) bond motifs is 1. The highest BCUT2D eigenvalue weighted by Crippen LogP contribution is 2.35. The Balaban J connectivity index is 2.20. The van der Waals surface area contributed by atoms with E-state index in [1.165, 1.54) is 0 Å². The second-order valence-corrected chi connectivity index (χ2v) is 8.18. The van der Waals surface area contributed by atoms with Gasteiger partial charge in [0.1, 0.15) is 0 Å². The number of rotatable bonds is 5. The minimum absolute atomic E-state index is 0.304. The number of hydrogen-bond acceptors (Lipinski definition) is 3. The van der Waals surface area contributed by atoms with Gasteiger partial charge in [-0.05, 0) is 43.2 Å². The molecular formula is C19H23N3O2S. The molecule has 0 aliphatic carbocycles.